The summed E-state index contributed by atoms with van der Waals surface area (Å²) in [5, 5.41) is 113. The van der Waals surface area contributed by atoms with Crippen LogP contribution in [0.2, 0.25) is 0 Å². The first-order chi connectivity index (χ1) is 57.8. The van der Waals surface area contributed by atoms with Gasteiger partial charge in [-0.1, -0.05) is 6.92 Å². The van der Waals surface area contributed by atoms with Gasteiger partial charge in [0.05, 0.1) is 55.8 Å². The number of ether oxygens (including phenoxy) is 5. The Morgan fingerprint density at radius 3 is 1.02 bits per heavy atom. The molecule has 5 unspecified atom stereocenters. The number of nitrogens with one attached hydrogen (secondary N) is 3. The maximum absolute atomic E-state index is 10.5. The van der Waals surface area contributed by atoms with Gasteiger partial charge < -0.3 is 108 Å². The maximum atomic E-state index is 10.5. The van der Waals surface area contributed by atoms with E-state index in [2.05, 4.69) is 196 Å². The molecule has 41 nitrogen and oxygen atoms in total. The fourth-order valence-electron chi connectivity index (χ4n) is 14.8. The summed E-state index contributed by atoms with van der Waals surface area (Å²) in [6, 6.07) is 0. The molecule has 10 aromatic heterocycles. The number of nitrogen functional groups attached to an aromatic ring is 3. The molecule has 123 heavy (non-hydrogen) atoms. The molecule has 0 amide bonds. The van der Waals surface area contributed by atoms with E-state index in [4.69, 9.17) is 40.9 Å². The number of hydrogen-bond donors (Lipinski definition) is 16. The number of aryl methyl sites for hydroxylation is 1. The first kappa shape index (κ1) is 96.1. The Balaban J connectivity index is 0.000000150. The van der Waals surface area contributed by atoms with Crippen LogP contribution >= 0.6 is 34.4 Å². The van der Waals surface area contributed by atoms with Crippen molar-refractivity contribution >= 4 is 157 Å². The van der Waals surface area contributed by atoms with Crippen molar-refractivity contribution in [3.63, 3.8) is 0 Å². The van der Waals surface area contributed by atoms with Crippen molar-refractivity contribution in [2.24, 2.45) is 0 Å². The zero-order chi connectivity index (χ0) is 89.9. The number of imidazole rings is 5. The molecule has 0 spiro atoms. The van der Waals surface area contributed by atoms with Crippen LogP contribution in [0.25, 0.3) is 55.8 Å². The maximum Gasteiger partial charge on any atom is 0.204 e. The van der Waals surface area contributed by atoms with Crippen molar-refractivity contribution in [3.05, 3.63) is 56.4 Å². The van der Waals surface area contributed by atoms with Crippen molar-refractivity contribution in [2.75, 3.05) is 151 Å². The van der Waals surface area contributed by atoms with Gasteiger partial charge in [-0.25, -0.2) is 74.8 Å². The number of aliphatic hydroxyl groups excluding tert-OH is 10. The molecule has 0 aliphatic carbocycles. The van der Waals surface area contributed by atoms with Crippen molar-refractivity contribution in [2.45, 2.75) is 182 Å². The topological polar surface area (TPSA) is 581 Å². The van der Waals surface area contributed by atoms with Crippen LogP contribution in [0.5, 0.6) is 0 Å². The number of nitrogens with two attached hydrogens (primary N) is 3. The highest BCUT2D eigenvalue weighted by atomic mass is 31.2. The molecule has 5 saturated heterocycles. The minimum atomic E-state index is -1.25. The second-order valence-corrected chi connectivity index (χ2v) is 56.7. The SMILES string of the molecule is C=P(C)(C)CC[C@H]1OC(n2c(N)nc3c(N)ncnc32)[C@H](O)[C@@H]1O.C=P(C)(C)CC[C@H]1OC(n2cnc3c(N)nc(C)nc32)[C@H](O)[C@@H]1O.C=P(C)(C)CC[C@H]1OC(n2cnc3c(NC)ncnc32)[C@H](O)[C@@H]1O.C=P(C)(C)CC[C@H]1OC(n2cnc3c(NCC)ncnc32)[C@H](O)[C@@H]1O.C=P(C)(C)CC[C@H]1OC(n2cnc3c(NCCC)ncnc32)[C@H](O)[C@@H]1O. The van der Waals surface area contributed by atoms with Crippen LogP contribution in [0, 0.1) is 6.92 Å². The summed E-state index contributed by atoms with van der Waals surface area (Å²) in [5.74, 6) is 2.98. The predicted molar refractivity (Wildman–Crippen MR) is 494 cm³/mol. The largest absolute Gasteiger partial charge is 0.388 e. The molecule has 46 heteroatoms. The summed E-state index contributed by atoms with van der Waals surface area (Å²) in [5.41, 5.74) is 22.8. The van der Waals surface area contributed by atoms with E-state index in [1.807, 2.05) is 6.92 Å². The molecule has 0 bridgehead atoms. The molecular formula is C77H125N26O15P5. The molecule has 5 aliphatic rings. The summed E-state index contributed by atoms with van der Waals surface area (Å²) >= 11 is 0. The fraction of sp³-hybridized carbons (Fsp3) is 0.610. The van der Waals surface area contributed by atoms with Gasteiger partial charge in [-0.15, -0.1) is 65.9 Å². The van der Waals surface area contributed by atoms with E-state index in [1.165, 1.54) is 36.2 Å². The Labute approximate surface area is 714 Å². The average Bonchev–Trinajstić information content (AvgIpc) is 1.66. The van der Waals surface area contributed by atoms with Crippen molar-refractivity contribution in [1.82, 2.24) is 97.6 Å². The molecule has 15 rings (SSSR count). The zero-order valence-corrected chi connectivity index (χ0v) is 76.8. The minimum absolute atomic E-state index is 0.0964. The number of anilines is 6. The average molecular weight is 1810 g/mol. The second kappa shape index (κ2) is 39.8. The van der Waals surface area contributed by atoms with E-state index in [-0.39, 0.29) is 17.6 Å². The smallest absolute Gasteiger partial charge is 0.204 e. The molecule has 15 heterocycles. The van der Waals surface area contributed by atoms with E-state index in [1.54, 1.807) is 51.2 Å². The van der Waals surface area contributed by atoms with Crippen LogP contribution in [0.1, 0.15) is 89.3 Å². The first-order valence-corrected chi connectivity index (χ1v) is 55.9. The van der Waals surface area contributed by atoms with Crippen molar-refractivity contribution < 1.29 is 74.7 Å². The van der Waals surface area contributed by atoms with Crippen LogP contribution in [0.15, 0.2) is 50.6 Å². The predicted octanol–water partition coefficient (Wildman–Crippen LogP) is 3.07. The lowest BCUT2D eigenvalue weighted by molar-refractivity contribution is -0.0353. The third kappa shape index (κ3) is 22.9. The summed E-state index contributed by atoms with van der Waals surface area (Å²) in [4.78, 5) is 63.2. The highest BCUT2D eigenvalue weighted by molar-refractivity contribution is 7.73. The number of aromatic nitrogens is 20. The Morgan fingerprint density at radius 1 is 0.358 bits per heavy atom. The van der Waals surface area contributed by atoms with Crippen LogP contribution in [-0.2, 0) is 23.7 Å². The minimum Gasteiger partial charge on any atom is -0.388 e. The van der Waals surface area contributed by atoms with Crippen LogP contribution in [0.3, 0.4) is 0 Å². The van der Waals surface area contributed by atoms with E-state index in [0.29, 0.717) is 118 Å². The van der Waals surface area contributed by atoms with Gasteiger partial charge in [0.15, 0.2) is 105 Å². The fourth-order valence-corrected chi connectivity index (χ4v) is 19.5. The Bertz CT molecular complexity index is 5510. The van der Waals surface area contributed by atoms with E-state index in [9.17, 15) is 51.1 Å². The summed E-state index contributed by atoms with van der Waals surface area (Å²) in [6.45, 7) is 22.5. The van der Waals surface area contributed by atoms with Gasteiger partial charge in [-0.05, 0) is 150 Å². The van der Waals surface area contributed by atoms with Gasteiger partial charge in [0.1, 0.15) is 103 Å². The summed E-state index contributed by atoms with van der Waals surface area (Å²) in [6.07, 6.45) is 25.3. The zero-order valence-electron chi connectivity index (χ0n) is 72.3. The summed E-state index contributed by atoms with van der Waals surface area (Å²) in [7, 11) is 1.76. The number of rotatable bonds is 26. The monoisotopic (exact) mass is 1810 g/mol. The standard InChI is InChI=1S/C17H28N5O3P.C16H26N5O3P.2C15H24N5O3P.C14H23N6O3P/c1-5-7-18-15-12-16(20-9-19-15)22(10-21-12)17-14(24)13(23)11(25-17)6-8-26(2,3)4;1-5-17-14-11-15(19-8-18-14)21(9-20-11)16-13(23)12(22)10(24-16)6-7-25(2,3)4;1-16-13-10-14(18-7-17-13)20(8-19-10)15-12(22)11(21)9(23-15)5-6-24(2,3)4;1-8-18-13(16)10-14(19-8)20(7-17-10)15-12(22)11(21)9(23-15)5-6-24(2,3)4;1-24(2,3)5-4-7-9(21)10(22)13(23-7)20-12-8(19-14(20)16)11(15)17-6-18-12/h9-11,13-14,17,23-24H,2,5-8H2,1,3-4H3,(H,18,19,20);8-10,12-13,16,22-23H,2,5-7H2,1,3-4H3,(H,17,18,19);7-9,11-12,15,21-22H,2,5-6H2,1,3-4H3,(H,16,17,18);7,9,11-12,15,21-22H,2,5-6H2,1,3-4H3,(H2,16,18,19);6-7,9-10,13,21-22H,1,4-5H2,2-3H3,(H2,16,19)(H2,15,17,18)/t11-,13-,14-,17?;10-,12-,13-,16?;2*9-,11-,12-,15?;7-,9-,10-,13?/m11111/s1. The molecule has 19 N–H and O–H groups in total. The highest BCUT2D eigenvalue weighted by Gasteiger charge is 2.49. The van der Waals surface area contributed by atoms with Gasteiger partial charge in [0.2, 0.25) is 5.95 Å². The molecule has 5 fully saturated rings. The third-order valence-electron chi connectivity index (χ3n) is 21.4. The van der Waals surface area contributed by atoms with Crippen molar-refractivity contribution in [3.8, 4) is 0 Å². The second-order valence-electron chi connectivity index (χ2n) is 35.1. The molecule has 678 valence electrons. The van der Waals surface area contributed by atoms with Crippen LogP contribution in [-0.4, -0.2) is 389 Å². The Kier molecular flexibility index (Phi) is 31.1. The Hall–Kier alpha value is -7.55. The number of hydrogen-bond acceptors (Lipinski definition) is 36. The first-order valence-electron chi connectivity index (χ1n) is 40.6. The van der Waals surface area contributed by atoms with Crippen LogP contribution < -0.4 is 33.2 Å². The van der Waals surface area contributed by atoms with E-state index in [0.717, 1.165) is 43.8 Å². The molecule has 0 aromatic carbocycles. The van der Waals surface area contributed by atoms with E-state index >= 15 is 0 Å². The molecule has 20 atom stereocenters. The number of aliphatic hydroxyl groups is 10. The van der Waals surface area contributed by atoms with Gasteiger partial charge >= 0.3 is 0 Å². The van der Waals surface area contributed by atoms with Crippen LogP contribution in [0.4, 0.5) is 35.0 Å². The quantitative estimate of drug-likeness (QED) is 0.0346. The third-order valence-corrected chi connectivity index (χ3v) is 28.8. The molecular weight excluding hydrogens is 1680 g/mol. The number of nitrogens with zero attached hydrogens (tertiary/aromatic N) is 20. The van der Waals surface area contributed by atoms with Gasteiger partial charge in [-0.3, -0.25) is 22.8 Å². The molecule has 0 saturated carbocycles. The van der Waals surface area contributed by atoms with Gasteiger partial charge in [0, 0.05) is 20.1 Å². The lowest BCUT2D eigenvalue weighted by Crippen LogP contribution is -2.32. The Morgan fingerprint density at radius 2 is 0.667 bits per heavy atom. The molecule has 5 aliphatic heterocycles. The summed E-state index contributed by atoms with van der Waals surface area (Å²) < 4.78 is 37.7. The highest BCUT2D eigenvalue weighted by Crippen LogP contribution is 2.46. The van der Waals surface area contributed by atoms with Gasteiger partial charge in [-0.2, -0.15) is 0 Å². The number of fused-ring (bicyclic) bond motifs is 5. The molecule has 0 radical (unpaired) electrons. The van der Waals surface area contributed by atoms with E-state index < -0.39 is 157 Å². The molecule has 10 aromatic rings. The normalized spacial score (nSPS) is 27.4. The lowest BCUT2D eigenvalue weighted by Gasteiger charge is -2.19. The van der Waals surface area contributed by atoms with Crippen molar-refractivity contribution in [1.29, 1.82) is 0 Å². The van der Waals surface area contributed by atoms with Gasteiger partial charge in [0.25, 0.3) is 0 Å². The lowest BCUT2D eigenvalue weighted by atomic mass is 10.1.